The number of aromatic nitrogens is 6. The highest BCUT2D eigenvalue weighted by Crippen LogP contribution is 2.46. The van der Waals surface area contributed by atoms with Gasteiger partial charge < -0.3 is 0 Å². The molecule has 0 saturated carbocycles. The fraction of sp³-hybridized carbons (Fsp3) is 0. The molecule has 7 aromatic carbocycles. The Kier molecular flexibility index (Phi) is 11.7. The normalized spacial score (nSPS) is 11.0. The number of hydrogen-bond donors (Lipinski definition) is 0. The van der Waals surface area contributed by atoms with Crippen molar-refractivity contribution in [3.05, 3.63) is 137 Å². The molecule has 3 aromatic heterocycles. The van der Waals surface area contributed by atoms with E-state index in [1.807, 2.05) is 0 Å². The van der Waals surface area contributed by atoms with E-state index in [0.717, 1.165) is 0 Å². The van der Waals surface area contributed by atoms with Crippen LogP contribution in [0.25, 0.3) is 99.6 Å². The monoisotopic (exact) mass is 1110 g/mol. The Morgan fingerprint density at radius 2 is 0.296 bits per heavy atom. The molecule has 0 bridgehead atoms. The van der Waals surface area contributed by atoms with E-state index >= 15 is 26.3 Å². The second kappa shape index (κ2) is 18.2. The average molecular weight is 1110 g/mol. The van der Waals surface area contributed by atoms with Gasteiger partial charge in [-0.25, -0.2) is 95.8 Å². The van der Waals surface area contributed by atoms with Crippen LogP contribution in [0, 0.1) is 189 Å². The summed E-state index contributed by atoms with van der Waals surface area (Å²) in [6.07, 6.45) is 0. The number of nitriles is 9. The lowest BCUT2D eigenvalue weighted by molar-refractivity contribution is 0.381. The fourth-order valence-electron chi connectivity index (χ4n) is 9.01. The molecule has 0 amide bonds. The van der Waals surface area contributed by atoms with E-state index in [4.69, 9.17) is 0 Å². The van der Waals surface area contributed by atoms with Gasteiger partial charge in [0.25, 0.3) is 0 Å². The van der Waals surface area contributed by atoms with Crippen molar-refractivity contribution < 1.29 is 65.9 Å². The van der Waals surface area contributed by atoms with Gasteiger partial charge in [0.1, 0.15) is 121 Å². The molecule has 0 radical (unpaired) electrons. The molecule has 10 rings (SSSR count). The maximum Gasteiger partial charge on any atom is 0.200 e. The smallest absolute Gasteiger partial charge is 0.200 e. The third-order valence-corrected chi connectivity index (χ3v) is 12.4. The average Bonchev–Trinajstić information content (AvgIpc) is 2.94. The van der Waals surface area contributed by atoms with Crippen LogP contribution in [-0.4, -0.2) is 29.9 Å². The first-order valence-electron chi connectivity index (χ1n) is 21.0. The Hall–Kier alpha value is -12.3. The quantitative estimate of drug-likeness (QED) is 0.0522. The zero-order valence-electron chi connectivity index (χ0n) is 37.9. The second-order valence-electron chi connectivity index (χ2n) is 16.2. The minimum Gasteiger partial charge on any atom is -0.241 e. The van der Waals surface area contributed by atoms with Gasteiger partial charge in [0, 0.05) is 16.7 Å². The summed E-state index contributed by atoms with van der Waals surface area (Å²) < 4.78 is 226. The summed E-state index contributed by atoms with van der Waals surface area (Å²) in [6, 6.07) is 12.3. The Labute approximate surface area is 433 Å². The number of benzene rings is 7. The van der Waals surface area contributed by atoms with Gasteiger partial charge in [-0.1, -0.05) is 0 Å². The van der Waals surface area contributed by atoms with E-state index in [0.29, 0.717) is 0 Å². The first-order chi connectivity index (χ1) is 38.6. The number of fused-ring (bicyclic) bond motifs is 9. The Morgan fingerprint density at radius 3 is 0.444 bits per heavy atom. The first-order valence-corrected chi connectivity index (χ1v) is 21.0. The molecule has 0 saturated heterocycles. The molecule has 0 unspecified atom stereocenters. The number of nitrogens with zero attached hydrogens (tertiary/aromatic N) is 15. The zero-order valence-corrected chi connectivity index (χ0v) is 37.9. The summed E-state index contributed by atoms with van der Waals surface area (Å²) in [5.74, 6) is -40.0. The molecule has 0 aliphatic rings. The number of halogens is 15. The third kappa shape index (κ3) is 6.65. The van der Waals surface area contributed by atoms with Crippen molar-refractivity contribution in [2.45, 2.75) is 0 Å². The maximum absolute atomic E-state index is 15.7. The molecule has 0 atom stereocenters. The molecule has 81 heavy (non-hydrogen) atoms. The van der Waals surface area contributed by atoms with Crippen molar-refractivity contribution in [3.8, 4) is 88.0 Å². The van der Waals surface area contributed by atoms with Crippen molar-refractivity contribution in [2.75, 3.05) is 0 Å². The zero-order chi connectivity index (χ0) is 58.9. The van der Waals surface area contributed by atoms with Gasteiger partial charge in [-0.2, -0.15) is 47.4 Å². The second-order valence-corrected chi connectivity index (χ2v) is 16.2. The van der Waals surface area contributed by atoms with Gasteiger partial charge in [0.15, 0.2) is 69.8 Å². The van der Waals surface area contributed by atoms with Gasteiger partial charge in [0.05, 0.1) is 66.8 Å². The maximum atomic E-state index is 15.7. The van der Waals surface area contributed by atoms with Gasteiger partial charge in [-0.05, 0) is 0 Å². The Bertz CT molecular complexity index is 4620. The Balaban J connectivity index is 1.54. The van der Waals surface area contributed by atoms with Crippen LogP contribution >= 0.6 is 0 Å². The summed E-state index contributed by atoms with van der Waals surface area (Å²) in [5.41, 5.74) is -34.1. The van der Waals surface area contributed by atoms with E-state index in [2.05, 4.69) is 29.9 Å². The topological polar surface area (TPSA) is 291 Å². The molecule has 10 aromatic rings. The van der Waals surface area contributed by atoms with Crippen LogP contribution in [0.1, 0.15) is 50.1 Å². The lowest BCUT2D eigenvalue weighted by atomic mass is 9.88. The highest BCUT2D eigenvalue weighted by molar-refractivity contribution is 6.22. The number of hydrogen-bond acceptors (Lipinski definition) is 15. The van der Waals surface area contributed by atoms with Crippen LogP contribution in [0.3, 0.4) is 0 Å². The van der Waals surface area contributed by atoms with Crippen molar-refractivity contribution in [3.63, 3.8) is 0 Å². The predicted octanol–water partition coefficient (Wildman–Crippen LogP) is 10.9. The molecule has 0 N–H and O–H groups in total. The van der Waals surface area contributed by atoms with E-state index in [1.54, 1.807) is 0 Å². The van der Waals surface area contributed by atoms with Crippen molar-refractivity contribution in [2.24, 2.45) is 0 Å². The largest absolute Gasteiger partial charge is 0.241 e. The lowest BCUT2D eigenvalue weighted by Gasteiger charge is -2.17. The van der Waals surface area contributed by atoms with Gasteiger partial charge in [-0.15, -0.1) is 0 Å². The summed E-state index contributed by atoms with van der Waals surface area (Å²) in [7, 11) is 0. The molecule has 0 spiro atoms. The van der Waals surface area contributed by atoms with Crippen molar-refractivity contribution in [1.29, 1.82) is 47.4 Å². The van der Waals surface area contributed by atoms with Gasteiger partial charge in [0.2, 0.25) is 17.5 Å². The fourth-order valence-corrected chi connectivity index (χ4v) is 9.01. The minimum atomic E-state index is -2.73. The highest BCUT2D eigenvalue weighted by Gasteiger charge is 2.38. The molecule has 384 valence electrons. The van der Waals surface area contributed by atoms with Crippen LogP contribution in [0.5, 0.6) is 0 Å². The molecular formula is C51F15N15. The standard InChI is InChI=1S/C51F15N15/c52-25-22(26(53)32(59)37(64)31(25)58)19-10(1-67)13(4-70)40-43(16(19)7-73)79-49-46(76-40)50-48(78-41-14(5-71)11(2-68)20(17(8-74)44(41)80-50)23-27(54)33(60)38(65)34(61)28(23)55)51-47(49)77-42-15(6-72)12(3-69)21(18(9-75)45(42)81-51)24-29(56)35(62)39(66)36(63)30(24)57. The van der Waals surface area contributed by atoms with E-state index in [9.17, 15) is 86.9 Å². The number of rotatable bonds is 3. The van der Waals surface area contributed by atoms with Crippen LogP contribution in [-0.2, 0) is 0 Å². The summed E-state index contributed by atoms with van der Waals surface area (Å²) in [5, 5.41) is 94.5. The van der Waals surface area contributed by atoms with E-state index < -0.39 is 237 Å². The van der Waals surface area contributed by atoms with Crippen LogP contribution in [0.4, 0.5) is 65.9 Å². The van der Waals surface area contributed by atoms with Crippen LogP contribution < -0.4 is 0 Å². The van der Waals surface area contributed by atoms with Gasteiger partial charge in [-0.3, -0.25) is 0 Å². The summed E-state index contributed by atoms with van der Waals surface area (Å²) in [6.45, 7) is 0. The third-order valence-electron chi connectivity index (χ3n) is 12.4. The van der Waals surface area contributed by atoms with E-state index in [-0.39, 0.29) is 0 Å². The molecule has 0 fully saturated rings. The lowest BCUT2D eigenvalue weighted by Crippen LogP contribution is -2.10. The molecular weight excluding hydrogens is 1110 g/mol. The molecule has 0 aliphatic heterocycles. The molecule has 15 nitrogen and oxygen atoms in total. The molecule has 30 heteroatoms. The molecule has 3 heterocycles. The van der Waals surface area contributed by atoms with Crippen molar-refractivity contribution >= 4 is 66.2 Å². The predicted molar refractivity (Wildman–Crippen MR) is 236 cm³/mol. The summed E-state index contributed by atoms with van der Waals surface area (Å²) >= 11 is 0. The summed E-state index contributed by atoms with van der Waals surface area (Å²) in [4.78, 5) is 25.6. The Morgan fingerprint density at radius 1 is 0.160 bits per heavy atom. The van der Waals surface area contributed by atoms with Crippen molar-refractivity contribution in [1.82, 2.24) is 29.9 Å². The minimum absolute atomic E-state index is 0.941. The SMILES string of the molecule is N#Cc1c(-c2c(F)c(F)c(F)c(F)c2F)c(C#N)c2nc3c4nc5c(C#N)c(C#N)c(-c6c(F)c(F)c(F)c(F)c6F)c(C#N)c5nc4c4nc5c(C#N)c(C#N)c(-c6c(F)c(F)c(F)c(F)c6F)c(C#N)c5nc4c3nc2c1C#N. The molecule has 0 aliphatic carbocycles. The van der Waals surface area contributed by atoms with Gasteiger partial charge >= 0.3 is 0 Å². The first kappa shape index (κ1) is 52.2. The highest BCUT2D eigenvalue weighted by atomic mass is 19.2. The van der Waals surface area contributed by atoms with Crippen LogP contribution in [0.2, 0.25) is 0 Å². The van der Waals surface area contributed by atoms with E-state index in [1.165, 1.54) is 54.6 Å². The van der Waals surface area contributed by atoms with Crippen LogP contribution in [0.15, 0.2) is 0 Å².